The van der Waals surface area contributed by atoms with Crippen molar-refractivity contribution in [1.82, 2.24) is 0 Å². The Labute approximate surface area is 243 Å². The molecule has 0 atom stereocenters. The predicted octanol–water partition coefficient (Wildman–Crippen LogP) is 8.09. The quantitative estimate of drug-likeness (QED) is 0.200. The summed E-state index contributed by atoms with van der Waals surface area (Å²) < 4.78 is 12.4. The first-order chi connectivity index (χ1) is 18.3. The number of anilines is 1. The summed E-state index contributed by atoms with van der Waals surface area (Å²) in [6.07, 6.45) is 5.30. The molecule has 0 saturated heterocycles. The van der Waals surface area contributed by atoms with Crippen LogP contribution in [0.2, 0.25) is 10.0 Å². The topological polar surface area (TPSA) is 95.1 Å². The van der Waals surface area contributed by atoms with Crippen LogP contribution in [0.1, 0.15) is 46.9 Å². The van der Waals surface area contributed by atoms with Gasteiger partial charge in [0.2, 0.25) is 0 Å². The maximum Gasteiger partial charge on any atom is 0.266 e. The van der Waals surface area contributed by atoms with E-state index in [4.69, 9.17) is 32.7 Å². The van der Waals surface area contributed by atoms with Gasteiger partial charge in [-0.15, -0.1) is 11.3 Å². The van der Waals surface area contributed by atoms with Crippen molar-refractivity contribution in [3.8, 4) is 23.6 Å². The molecule has 0 saturated carbocycles. The Bertz CT molecular complexity index is 1500. The summed E-state index contributed by atoms with van der Waals surface area (Å²) in [4.78, 5) is 14.2. The van der Waals surface area contributed by atoms with Gasteiger partial charge < -0.3 is 14.8 Å². The molecule has 0 unspecified atom stereocenters. The second kappa shape index (κ2) is 12.7. The largest absolute Gasteiger partial charge is 0.490 e. The number of halogens is 3. The highest BCUT2D eigenvalue weighted by Crippen LogP contribution is 2.38. The van der Waals surface area contributed by atoms with Gasteiger partial charge in [-0.1, -0.05) is 45.2 Å². The molecule has 0 spiro atoms. The lowest BCUT2D eigenvalue weighted by atomic mass is 9.96. The van der Waals surface area contributed by atoms with Gasteiger partial charge in [-0.3, -0.25) is 4.79 Å². The number of rotatable bonds is 8. The van der Waals surface area contributed by atoms with Crippen molar-refractivity contribution in [3.05, 3.63) is 77.6 Å². The number of fused-ring (bicyclic) bond motifs is 1. The first kappa shape index (κ1) is 28.0. The van der Waals surface area contributed by atoms with Crippen molar-refractivity contribution >= 4 is 67.5 Å². The fourth-order valence-electron chi connectivity index (χ4n) is 4.08. The molecule has 4 rings (SSSR count). The third-order valence-corrected chi connectivity index (χ3v) is 8.55. The van der Waals surface area contributed by atoms with Crippen LogP contribution in [-0.4, -0.2) is 12.5 Å². The van der Waals surface area contributed by atoms with Gasteiger partial charge in [-0.25, -0.2) is 0 Å². The second-order valence-electron chi connectivity index (χ2n) is 8.44. The van der Waals surface area contributed by atoms with Crippen LogP contribution in [0.3, 0.4) is 0 Å². The summed E-state index contributed by atoms with van der Waals surface area (Å²) in [5, 5.41) is 23.6. The third-order valence-electron chi connectivity index (χ3n) is 5.92. The van der Waals surface area contributed by atoms with Crippen molar-refractivity contribution in [2.75, 3.05) is 11.9 Å². The molecule has 1 aliphatic rings. The van der Waals surface area contributed by atoms with Gasteiger partial charge in [0.05, 0.1) is 22.2 Å². The lowest BCUT2D eigenvalue weighted by Crippen LogP contribution is -2.13. The highest BCUT2D eigenvalue weighted by molar-refractivity contribution is 9.10. The molecule has 0 fully saturated rings. The van der Waals surface area contributed by atoms with E-state index in [-0.39, 0.29) is 12.2 Å². The van der Waals surface area contributed by atoms with Crippen molar-refractivity contribution in [3.63, 3.8) is 0 Å². The van der Waals surface area contributed by atoms with Crippen LogP contribution in [0, 0.1) is 22.7 Å². The van der Waals surface area contributed by atoms with Crippen LogP contribution in [0.5, 0.6) is 11.5 Å². The van der Waals surface area contributed by atoms with E-state index in [0.29, 0.717) is 48.8 Å². The highest BCUT2D eigenvalue weighted by atomic mass is 79.9. The molecule has 0 aliphatic heterocycles. The molecule has 0 bridgehead atoms. The molecular weight excluding hydrogens is 609 g/mol. The minimum Gasteiger partial charge on any atom is -0.490 e. The van der Waals surface area contributed by atoms with E-state index in [2.05, 4.69) is 27.3 Å². The number of thiophene rings is 1. The van der Waals surface area contributed by atoms with E-state index >= 15 is 0 Å². The molecule has 1 amide bonds. The molecular formula is C28H22BrCl2N3O3S. The Morgan fingerprint density at radius 2 is 1.89 bits per heavy atom. The number of amides is 1. The standard InChI is InChI=1S/C28H22BrCl2N3O3S/c1-2-36-24-11-17(21(29)12-25(24)37-15-16-7-8-22(30)23(31)9-16)10-18(13-32)27(35)34-28-20(14-33)19-5-3-4-6-26(19)38-28/h7-12H,2-6,15H2,1H3,(H,34,35)/b18-10+. The predicted molar refractivity (Wildman–Crippen MR) is 154 cm³/mol. The van der Waals surface area contributed by atoms with E-state index in [1.807, 2.05) is 19.1 Å². The van der Waals surface area contributed by atoms with Gasteiger partial charge in [-0.2, -0.15) is 10.5 Å². The van der Waals surface area contributed by atoms with Crippen molar-refractivity contribution in [1.29, 1.82) is 10.5 Å². The second-order valence-corrected chi connectivity index (χ2v) is 11.2. The molecule has 0 radical (unpaired) electrons. The summed E-state index contributed by atoms with van der Waals surface area (Å²) in [5.41, 5.74) is 2.80. The lowest BCUT2D eigenvalue weighted by molar-refractivity contribution is -0.112. The van der Waals surface area contributed by atoms with Crippen molar-refractivity contribution in [2.45, 2.75) is 39.2 Å². The van der Waals surface area contributed by atoms with Crippen LogP contribution in [-0.2, 0) is 24.2 Å². The molecule has 1 N–H and O–H groups in total. The van der Waals surface area contributed by atoms with Crippen LogP contribution in [0.25, 0.3) is 6.08 Å². The van der Waals surface area contributed by atoms with Gasteiger partial charge in [0.25, 0.3) is 5.91 Å². The number of nitrogens with zero attached hydrogens (tertiary/aromatic N) is 2. The van der Waals surface area contributed by atoms with Crippen LogP contribution in [0.15, 0.2) is 40.4 Å². The highest BCUT2D eigenvalue weighted by Gasteiger charge is 2.23. The Kier molecular flexibility index (Phi) is 9.35. The molecule has 38 heavy (non-hydrogen) atoms. The maximum absolute atomic E-state index is 13.0. The smallest absolute Gasteiger partial charge is 0.266 e. The summed E-state index contributed by atoms with van der Waals surface area (Å²) in [5.74, 6) is 0.359. The summed E-state index contributed by atoms with van der Waals surface area (Å²) in [7, 11) is 0. The molecule has 1 aliphatic carbocycles. The van der Waals surface area contributed by atoms with E-state index < -0.39 is 5.91 Å². The first-order valence-electron chi connectivity index (χ1n) is 11.8. The maximum atomic E-state index is 13.0. The van der Waals surface area contributed by atoms with E-state index in [0.717, 1.165) is 41.7 Å². The number of aryl methyl sites for hydroxylation is 1. The van der Waals surface area contributed by atoms with Crippen molar-refractivity contribution in [2.24, 2.45) is 0 Å². The van der Waals surface area contributed by atoms with Gasteiger partial charge in [0, 0.05) is 9.35 Å². The molecule has 10 heteroatoms. The zero-order valence-corrected chi connectivity index (χ0v) is 24.3. The fourth-order valence-corrected chi connectivity index (χ4v) is 6.07. The zero-order chi connectivity index (χ0) is 27.2. The van der Waals surface area contributed by atoms with E-state index in [1.165, 1.54) is 17.4 Å². The number of ether oxygens (including phenoxy) is 2. The Balaban J connectivity index is 1.58. The van der Waals surface area contributed by atoms with Gasteiger partial charge >= 0.3 is 0 Å². The van der Waals surface area contributed by atoms with Crippen molar-refractivity contribution < 1.29 is 14.3 Å². The summed E-state index contributed by atoms with van der Waals surface area (Å²) >= 11 is 17.0. The Morgan fingerprint density at radius 1 is 1.13 bits per heavy atom. The summed E-state index contributed by atoms with van der Waals surface area (Å²) in [6.45, 7) is 2.47. The molecule has 1 heterocycles. The molecule has 6 nitrogen and oxygen atoms in total. The lowest BCUT2D eigenvalue weighted by Gasteiger charge is -2.14. The first-order valence-corrected chi connectivity index (χ1v) is 14.2. The van der Waals surface area contributed by atoms with E-state index in [1.54, 1.807) is 24.3 Å². The fraction of sp³-hybridized carbons (Fsp3) is 0.250. The van der Waals surface area contributed by atoms with Crippen LogP contribution >= 0.6 is 50.5 Å². The van der Waals surface area contributed by atoms with Crippen LogP contribution in [0.4, 0.5) is 5.00 Å². The monoisotopic (exact) mass is 629 g/mol. The summed E-state index contributed by atoms with van der Waals surface area (Å²) in [6, 6.07) is 12.9. The zero-order valence-electron chi connectivity index (χ0n) is 20.4. The van der Waals surface area contributed by atoms with Gasteiger partial charge in [-0.05, 0) is 79.6 Å². The molecule has 194 valence electrons. The molecule has 2 aromatic carbocycles. The minimum atomic E-state index is -0.576. The van der Waals surface area contributed by atoms with E-state index in [9.17, 15) is 15.3 Å². The number of benzene rings is 2. The normalized spacial score (nSPS) is 12.7. The van der Waals surface area contributed by atoms with Gasteiger partial charge in [0.1, 0.15) is 29.3 Å². The Morgan fingerprint density at radius 3 is 2.61 bits per heavy atom. The average molecular weight is 631 g/mol. The third kappa shape index (κ3) is 6.34. The van der Waals surface area contributed by atoms with Gasteiger partial charge in [0.15, 0.2) is 11.5 Å². The molecule has 1 aromatic heterocycles. The number of nitriles is 2. The average Bonchev–Trinajstić information content (AvgIpc) is 3.26. The molecule has 3 aromatic rings. The number of carbonyl (C=O) groups is 1. The number of carbonyl (C=O) groups excluding carboxylic acids is 1. The number of nitrogens with one attached hydrogen (secondary N) is 1. The SMILES string of the molecule is CCOc1cc(/C=C(\C#N)C(=O)Nc2sc3c(c2C#N)CCCC3)c(Br)cc1OCc1ccc(Cl)c(Cl)c1. The Hall–Kier alpha value is -3.01. The number of hydrogen-bond acceptors (Lipinski definition) is 6. The minimum absolute atomic E-state index is 0.104. The number of hydrogen-bond donors (Lipinski definition) is 1. The van der Waals surface area contributed by atoms with Crippen LogP contribution < -0.4 is 14.8 Å².